The van der Waals surface area contributed by atoms with E-state index in [9.17, 15) is 33.6 Å². The van der Waals surface area contributed by atoms with Crippen molar-refractivity contribution in [1.29, 1.82) is 0 Å². The SMILES string of the molecule is CC1C[C@H]2CN(C(=O)[C@@H](NC(=O)OC(C)(C)C)C3CCCCC3)[C@H](C(=O)NC(CC3CC3)C(=O)C(=O)NCC(=O)C[C@H](C(=O)N(C)C)c3ccccc3)[C@H]2C1. The highest BCUT2D eigenvalue weighted by atomic mass is 16.6. The van der Waals surface area contributed by atoms with Crippen LogP contribution < -0.4 is 16.0 Å². The summed E-state index contributed by atoms with van der Waals surface area (Å²) in [7, 11) is 3.23. The van der Waals surface area contributed by atoms with Crippen molar-refractivity contribution in [2.75, 3.05) is 27.2 Å². The van der Waals surface area contributed by atoms with Gasteiger partial charge in [-0.2, -0.15) is 0 Å². The molecule has 5 amide bonds. The number of benzene rings is 1. The topological polar surface area (TPSA) is 171 Å². The monoisotopic (exact) mass is 763 g/mol. The molecule has 3 aliphatic carbocycles. The van der Waals surface area contributed by atoms with E-state index >= 15 is 0 Å². The molecular weight excluding hydrogens is 702 g/mol. The van der Waals surface area contributed by atoms with Crippen molar-refractivity contribution in [3.63, 3.8) is 0 Å². The minimum absolute atomic E-state index is 0.0919. The molecule has 3 N–H and O–H groups in total. The quantitative estimate of drug-likeness (QED) is 0.224. The molecule has 0 radical (unpaired) electrons. The van der Waals surface area contributed by atoms with E-state index in [0.717, 1.165) is 57.8 Å². The number of nitrogens with zero attached hydrogens (tertiary/aromatic N) is 2. The molecule has 13 nitrogen and oxygen atoms in total. The molecule has 4 fully saturated rings. The maximum atomic E-state index is 14.6. The maximum Gasteiger partial charge on any atom is 0.408 e. The fourth-order valence-corrected chi connectivity index (χ4v) is 8.91. The van der Waals surface area contributed by atoms with Gasteiger partial charge >= 0.3 is 6.09 Å². The number of rotatable bonds is 15. The molecule has 0 bridgehead atoms. The Labute approximate surface area is 325 Å². The van der Waals surface area contributed by atoms with Crippen LogP contribution in [0.2, 0.25) is 0 Å². The highest BCUT2D eigenvalue weighted by Crippen LogP contribution is 2.46. The molecule has 0 spiro atoms. The number of likely N-dealkylation sites (N-methyl/N-ethyl adjacent to an activating group) is 1. The zero-order chi connectivity index (χ0) is 40.0. The number of alkyl carbamates (subject to hydrolysis) is 1. The number of carbonyl (C=O) groups is 7. The number of amides is 5. The lowest BCUT2D eigenvalue weighted by atomic mass is 9.83. The zero-order valence-corrected chi connectivity index (χ0v) is 33.4. The van der Waals surface area contributed by atoms with Gasteiger partial charge in [-0.15, -0.1) is 0 Å². The van der Waals surface area contributed by atoms with E-state index < -0.39 is 65.7 Å². The molecular formula is C42H61N5O8. The van der Waals surface area contributed by atoms with Crippen molar-refractivity contribution in [2.24, 2.45) is 29.6 Å². The number of hydrogen-bond donors (Lipinski definition) is 3. The number of fused-ring (bicyclic) bond motifs is 1. The number of Topliss-reactive ketones (excluding diaryl/α,β-unsaturated/α-hetero) is 2. The van der Waals surface area contributed by atoms with Gasteiger partial charge in [-0.05, 0) is 88.0 Å². The molecule has 0 aromatic heterocycles. The minimum Gasteiger partial charge on any atom is -0.444 e. The minimum atomic E-state index is -1.13. The first-order valence-corrected chi connectivity index (χ1v) is 20.2. The molecule has 7 atom stereocenters. The molecule has 1 aliphatic heterocycles. The Bertz CT molecular complexity index is 1580. The molecule has 1 aromatic carbocycles. The molecule has 3 saturated carbocycles. The highest BCUT2D eigenvalue weighted by molar-refractivity contribution is 6.38. The van der Waals surface area contributed by atoms with Gasteiger partial charge in [-0.3, -0.25) is 28.8 Å². The standard InChI is InChI=1S/C42H61N5O8/c1-25-19-29-24-47(40(53)34(28-15-11-8-12-16-28)45-41(54)55-42(2,3)4)35(31(29)20-25)37(50)44-33(21-26-17-18-26)36(49)38(51)43-23-30(48)22-32(39(52)46(5)6)27-13-9-7-10-14-27/h7,9-10,13-14,25-26,28-29,31-35H,8,11-12,15-24H2,1-6H3,(H,43,51)(H,44,50)(H,45,54)/t25?,29-,31-,32-,33?,34-,35-/m0/s1. The van der Waals surface area contributed by atoms with Gasteiger partial charge in [0, 0.05) is 27.1 Å². The molecule has 13 heteroatoms. The van der Waals surface area contributed by atoms with Gasteiger partial charge in [0.15, 0.2) is 5.78 Å². The third-order valence-electron chi connectivity index (χ3n) is 11.7. The van der Waals surface area contributed by atoms with E-state index in [-0.39, 0.29) is 48.3 Å². The van der Waals surface area contributed by atoms with Gasteiger partial charge < -0.3 is 30.5 Å². The van der Waals surface area contributed by atoms with E-state index in [4.69, 9.17) is 4.74 Å². The van der Waals surface area contributed by atoms with Gasteiger partial charge in [0.05, 0.1) is 18.5 Å². The lowest BCUT2D eigenvalue weighted by Gasteiger charge is -2.36. The largest absolute Gasteiger partial charge is 0.444 e. The second-order valence-electron chi connectivity index (χ2n) is 17.7. The van der Waals surface area contributed by atoms with Crippen LogP contribution >= 0.6 is 0 Å². The van der Waals surface area contributed by atoms with Gasteiger partial charge in [-0.25, -0.2) is 4.79 Å². The summed E-state index contributed by atoms with van der Waals surface area (Å²) in [4.78, 5) is 98.1. The van der Waals surface area contributed by atoms with Crippen LogP contribution in [0.25, 0.3) is 0 Å². The Morgan fingerprint density at radius 2 is 1.58 bits per heavy atom. The summed E-state index contributed by atoms with van der Waals surface area (Å²) in [6.45, 7) is 7.35. The van der Waals surface area contributed by atoms with Crippen molar-refractivity contribution < 1.29 is 38.3 Å². The van der Waals surface area contributed by atoms with Crippen LogP contribution in [0.1, 0.15) is 110 Å². The van der Waals surface area contributed by atoms with Crippen LogP contribution in [-0.4, -0.2) is 102 Å². The summed E-state index contributed by atoms with van der Waals surface area (Å²) in [5, 5.41) is 8.22. The average Bonchev–Trinajstić information content (AvgIpc) is 3.79. The van der Waals surface area contributed by atoms with Crippen LogP contribution in [0.3, 0.4) is 0 Å². The highest BCUT2D eigenvalue weighted by Gasteiger charge is 2.53. The van der Waals surface area contributed by atoms with Gasteiger partial charge in [-0.1, -0.05) is 69.4 Å². The summed E-state index contributed by atoms with van der Waals surface area (Å²) in [6, 6.07) is 6.08. The summed E-state index contributed by atoms with van der Waals surface area (Å²) in [5.41, 5.74) is -0.0838. The molecule has 2 unspecified atom stereocenters. The molecule has 55 heavy (non-hydrogen) atoms. The fourth-order valence-electron chi connectivity index (χ4n) is 8.91. The van der Waals surface area contributed by atoms with Crippen LogP contribution in [-0.2, 0) is 33.5 Å². The lowest BCUT2D eigenvalue weighted by molar-refractivity contribution is -0.144. The Hall–Kier alpha value is -4.29. The van der Waals surface area contributed by atoms with Crippen molar-refractivity contribution >= 4 is 41.3 Å². The van der Waals surface area contributed by atoms with Crippen molar-refractivity contribution in [2.45, 2.75) is 128 Å². The van der Waals surface area contributed by atoms with Crippen LogP contribution in [0.15, 0.2) is 30.3 Å². The van der Waals surface area contributed by atoms with E-state index in [0.29, 0.717) is 18.0 Å². The first kappa shape index (κ1) is 41.9. The number of nitrogens with one attached hydrogen (secondary N) is 3. The van der Waals surface area contributed by atoms with Crippen LogP contribution in [0, 0.1) is 29.6 Å². The Morgan fingerprint density at radius 1 is 0.909 bits per heavy atom. The van der Waals surface area contributed by atoms with E-state index in [1.54, 1.807) is 64.0 Å². The van der Waals surface area contributed by atoms with Gasteiger partial charge in [0.1, 0.15) is 17.7 Å². The number of carbonyl (C=O) groups excluding carboxylic acids is 7. The first-order chi connectivity index (χ1) is 26.0. The molecule has 4 aliphatic rings. The summed E-state index contributed by atoms with van der Waals surface area (Å²) in [6.07, 6.45) is 7.27. The average molecular weight is 764 g/mol. The Kier molecular flexibility index (Phi) is 13.8. The van der Waals surface area contributed by atoms with Gasteiger partial charge in [0.25, 0.3) is 5.91 Å². The normalized spacial score (nSPS) is 24.1. The van der Waals surface area contributed by atoms with Gasteiger partial charge in [0.2, 0.25) is 23.5 Å². The predicted molar refractivity (Wildman–Crippen MR) is 205 cm³/mol. The number of hydrogen-bond acceptors (Lipinski definition) is 8. The van der Waals surface area contributed by atoms with Crippen molar-refractivity contribution in [3.05, 3.63) is 35.9 Å². The second-order valence-corrected chi connectivity index (χ2v) is 17.7. The summed E-state index contributed by atoms with van der Waals surface area (Å²) < 4.78 is 5.56. The predicted octanol–water partition coefficient (Wildman–Crippen LogP) is 4.13. The van der Waals surface area contributed by atoms with E-state index in [2.05, 4.69) is 22.9 Å². The molecule has 1 aromatic rings. The molecule has 5 rings (SSSR count). The number of likely N-dealkylation sites (tertiary alicyclic amines) is 1. The maximum absolute atomic E-state index is 14.6. The van der Waals surface area contributed by atoms with Crippen LogP contribution in [0.5, 0.6) is 0 Å². The zero-order valence-electron chi connectivity index (χ0n) is 33.4. The second kappa shape index (κ2) is 18.1. The van der Waals surface area contributed by atoms with Crippen molar-refractivity contribution in [1.82, 2.24) is 25.8 Å². The fraction of sp³-hybridized carbons (Fsp3) is 0.690. The first-order valence-electron chi connectivity index (χ1n) is 20.2. The molecule has 1 heterocycles. The molecule has 302 valence electrons. The third kappa shape index (κ3) is 11.2. The number of ether oxygens (including phenoxy) is 1. The Balaban J connectivity index is 1.29. The van der Waals surface area contributed by atoms with Crippen LogP contribution in [0.4, 0.5) is 4.79 Å². The molecule has 1 saturated heterocycles. The third-order valence-corrected chi connectivity index (χ3v) is 11.7. The van der Waals surface area contributed by atoms with E-state index in [1.165, 1.54) is 4.90 Å². The smallest absolute Gasteiger partial charge is 0.408 e. The summed E-state index contributed by atoms with van der Waals surface area (Å²) in [5.74, 6) is -3.65. The number of ketones is 2. The van der Waals surface area contributed by atoms with Crippen molar-refractivity contribution in [3.8, 4) is 0 Å². The summed E-state index contributed by atoms with van der Waals surface area (Å²) >= 11 is 0. The lowest BCUT2D eigenvalue weighted by Crippen LogP contribution is -2.59. The Morgan fingerprint density at radius 3 is 2.20 bits per heavy atom. The van der Waals surface area contributed by atoms with E-state index in [1.807, 2.05) is 6.07 Å².